The molecular formula is C25H27N5O2S. The van der Waals surface area contributed by atoms with Gasteiger partial charge in [0.1, 0.15) is 0 Å². The molecule has 2 heterocycles. The number of nitriles is 1. The maximum atomic E-state index is 13.8. The summed E-state index contributed by atoms with van der Waals surface area (Å²) in [6, 6.07) is 11.5. The molecule has 1 atom stereocenters. The normalized spacial score (nSPS) is 18.2. The van der Waals surface area contributed by atoms with Gasteiger partial charge in [0, 0.05) is 73.9 Å². The van der Waals surface area contributed by atoms with Crippen molar-refractivity contribution in [3.63, 3.8) is 0 Å². The Morgan fingerprint density at radius 3 is 2.58 bits per heavy atom. The second-order valence-electron chi connectivity index (χ2n) is 9.37. The summed E-state index contributed by atoms with van der Waals surface area (Å²) in [6.07, 6.45) is 0. The van der Waals surface area contributed by atoms with Gasteiger partial charge in [-0.05, 0) is 23.8 Å². The fourth-order valence-electron chi connectivity index (χ4n) is 5.00. The summed E-state index contributed by atoms with van der Waals surface area (Å²) in [6.45, 7) is 7.59. The molecule has 8 heteroatoms. The molecule has 0 radical (unpaired) electrons. The maximum absolute atomic E-state index is 13.8. The van der Waals surface area contributed by atoms with E-state index in [9.17, 15) is 14.6 Å². The number of carbonyl (C=O) groups is 1. The average molecular weight is 462 g/mol. The highest BCUT2D eigenvalue weighted by Crippen LogP contribution is 2.46. The van der Waals surface area contributed by atoms with Crippen molar-refractivity contribution < 1.29 is 9.35 Å². The third-order valence-corrected chi connectivity index (χ3v) is 8.14. The Morgan fingerprint density at radius 1 is 1.18 bits per heavy atom. The van der Waals surface area contributed by atoms with Crippen LogP contribution in [0.15, 0.2) is 35.2 Å². The van der Waals surface area contributed by atoms with Crippen LogP contribution in [0.1, 0.15) is 46.6 Å². The van der Waals surface area contributed by atoms with Gasteiger partial charge in [0.05, 0.1) is 34.2 Å². The van der Waals surface area contributed by atoms with Crippen molar-refractivity contribution >= 4 is 33.7 Å². The number of anilines is 1. The number of aromatic nitrogens is 1. The lowest BCUT2D eigenvalue weighted by Crippen LogP contribution is -2.44. The van der Waals surface area contributed by atoms with Crippen LogP contribution in [0.4, 0.5) is 5.69 Å². The number of H-pyrrole nitrogens is 1. The maximum Gasteiger partial charge on any atom is 0.198 e. The molecule has 1 aromatic heterocycles. The summed E-state index contributed by atoms with van der Waals surface area (Å²) in [5.74, 6) is -0.0702. The number of rotatable bonds is 3. The van der Waals surface area contributed by atoms with Crippen LogP contribution in [0.2, 0.25) is 0 Å². The van der Waals surface area contributed by atoms with Crippen molar-refractivity contribution in [1.82, 2.24) is 14.6 Å². The van der Waals surface area contributed by atoms with Crippen molar-refractivity contribution in [2.75, 3.05) is 45.2 Å². The van der Waals surface area contributed by atoms with E-state index in [0.717, 1.165) is 54.0 Å². The number of piperazine rings is 1. The van der Waals surface area contributed by atoms with Gasteiger partial charge in [0.25, 0.3) is 0 Å². The number of nitrogens with one attached hydrogen (secondary N) is 2. The number of ketones is 1. The molecule has 170 valence electrons. The van der Waals surface area contributed by atoms with Crippen LogP contribution >= 0.6 is 0 Å². The SMILES string of the molecule is CN(C)[S+]([O-])c1cc2c(cc1N1CCNCC1)C(C)(C)c1[nH]c3cc(C#N)ccc3c1C2=O. The van der Waals surface area contributed by atoms with Crippen molar-refractivity contribution in [2.24, 2.45) is 0 Å². The van der Waals surface area contributed by atoms with Crippen molar-refractivity contribution in [3.05, 3.63) is 58.3 Å². The smallest absolute Gasteiger partial charge is 0.198 e. The Bertz CT molecular complexity index is 1310. The zero-order chi connectivity index (χ0) is 23.5. The van der Waals surface area contributed by atoms with Crippen LogP contribution in [0.5, 0.6) is 0 Å². The predicted octanol–water partition coefficient (Wildman–Crippen LogP) is 2.90. The summed E-state index contributed by atoms with van der Waals surface area (Å²) < 4.78 is 15.0. The lowest BCUT2D eigenvalue weighted by Gasteiger charge is -2.36. The number of fused-ring (bicyclic) bond motifs is 4. The minimum absolute atomic E-state index is 0.0702. The Kier molecular flexibility index (Phi) is 5.26. The van der Waals surface area contributed by atoms with Gasteiger partial charge in [-0.15, -0.1) is 4.31 Å². The van der Waals surface area contributed by atoms with E-state index < -0.39 is 16.8 Å². The molecule has 7 nitrogen and oxygen atoms in total. The van der Waals surface area contributed by atoms with Gasteiger partial charge in [0.15, 0.2) is 10.7 Å². The number of aromatic amines is 1. The quantitative estimate of drug-likeness (QED) is 0.582. The standard InChI is InChI=1S/C25H27N5O2S/c1-25(2)18-13-20(30-9-7-27-8-10-30)21(33(32)29(3)4)12-17(18)23(31)22-16-6-5-15(14-26)11-19(16)28-24(22)25/h5-6,11-13,27-28H,7-10H2,1-4H3. The first-order valence-electron chi connectivity index (χ1n) is 11.1. The first kappa shape index (κ1) is 22.0. The van der Waals surface area contributed by atoms with Crippen molar-refractivity contribution in [2.45, 2.75) is 24.2 Å². The highest BCUT2D eigenvalue weighted by Gasteiger charge is 2.42. The third-order valence-electron chi connectivity index (χ3n) is 6.77. The number of benzene rings is 2. The van der Waals surface area contributed by atoms with E-state index in [4.69, 9.17) is 0 Å². The Labute approximate surface area is 196 Å². The number of nitrogens with zero attached hydrogens (tertiary/aromatic N) is 3. The Balaban J connectivity index is 1.75. The molecule has 0 bridgehead atoms. The van der Waals surface area contributed by atoms with E-state index in [2.05, 4.69) is 41.2 Å². The molecule has 0 spiro atoms. The largest absolute Gasteiger partial charge is 0.593 e. The minimum Gasteiger partial charge on any atom is -0.593 e. The van der Waals surface area contributed by atoms with E-state index in [-0.39, 0.29) is 5.78 Å². The van der Waals surface area contributed by atoms with E-state index >= 15 is 0 Å². The zero-order valence-electron chi connectivity index (χ0n) is 19.3. The number of carbonyl (C=O) groups excluding carboxylic acids is 1. The lowest BCUT2D eigenvalue weighted by molar-refractivity contribution is 0.103. The van der Waals surface area contributed by atoms with Gasteiger partial charge in [-0.1, -0.05) is 19.9 Å². The second-order valence-corrected chi connectivity index (χ2v) is 11.0. The van der Waals surface area contributed by atoms with Crippen LogP contribution in [0, 0.1) is 11.3 Å². The predicted molar refractivity (Wildman–Crippen MR) is 130 cm³/mol. The first-order valence-corrected chi connectivity index (χ1v) is 12.2. The van der Waals surface area contributed by atoms with Crippen molar-refractivity contribution in [3.8, 4) is 6.07 Å². The average Bonchev–Trinajstić information content (AvgIpc) is 3.22. The van der Waals surface area contributed by atoms with Crippen LogP contribution in [-0.4, -0.2) is 59.9 Å². The summed E-state index contributed by atoms with van der Waals surface area (Å²) in [4.78, 5) is 20.2. The van der Waals surface area contributed by atoms with E-state index in [1.54, 1.807) is 30.5 Å². The fourth-order valence-corrected chi connectivity index (χ4v) is 5.98. The molecule has 1 aliphatic carbocycles. The van der Waals surface area contributed by atoms with Gasteiger partial charge < -0.3 is 19.8 Å². The molecular weight excluding hydrogens is 434 g/mol. The molecule has 1 aliphatic heterocycles. The Morgan fingerprint density at radius 2 is 1.91 bits per heavy atom. The summed E-state index contributed by atoms with van der Waals surface area (Å²) in [7, 11) is 3.57. The fraction of sp³-hybridized carbons (Fsp3) is 0.360. The second kappa shape index (κ2) is 7.89. The molecule has 5 rings (SSSR count). The van der Waals surface area contributed by atoms with Crippen LogP contribution in [0.3, 0.4) is 0 Å². The van der Waals surface area contributed by atoms with Gasteiger partial charge in [-0.2, -0.15) is 5.26 Å². The molecule has 33 heavy (non-hydrogen) atoms. The molecule has 2 aromatic carbocycles. The van der Waals surface area contributed by atoms with E-state index in [0.29, 0.717) is 21.6 Å². The molecule has 2 N–H and O–H groups in total. The minimum atomic E-state index is -1.39. The van der Waals surface area contributed by atoms with E-state index in [1.165, 1.54) is 0 Å². The lowest BCUT2D eigenvalue weighted by atomic mass is 9.71. The van der Waals surface area contributed by atoms with Crippen LogP contribution in [0.25, 0.3) is 10.9 Å². The number of hydrogen-bond donors (Lipinski definition) is 2. The molecule has 0 amide bonds. The molecule has 2 aliphatic rings. The number of hydrogen-bond acceptors (Lipinski definition) is 6. The van der Waals surface area contributed by atoms with Crippen LogP contribution in [-0.2, 0) is 16.8 Å². The zero-order valence-corrected chi connectivity index (χ0v) is 20.1. The monoisotopic (exact) mass is 461 g/mol. The molecule has 3 aromatic rings. The first-order chi connectivity index (χ1) is 15.7. The summed E-state index contributed by atoms with van der Waals surface area (Å²) in [5.41, 5.74) is 4.82. The highest BCUT2D eigenvalue weighted by molar-refractivity contribution is 7.89. The van der Waals surface area contributed by atoms with Gasteiger partial charge in [0.2, 0.25) is 0 Å². The Hall–Kier alpha value is -2.83. The van der Waals surface area contributed by atoms with E-state index in [1.807, 2.05) is 12.1 Å². The van der Waals surface area contributed by atoms with Crippen molar-refractivity contribution in [1.29, 1.82) is 5.26 Å². The summed E-state index contributed by atoms with van der Waals surface area (Å²) >= 11 is -1.39. The topological polar surface area (TPSA) is 98.2 Å². The molecule has 1 fully saturated rings. The summed E-state index contributed by atoms with van der Waals surface area (Å²) in [5, 5.41) is 13.5. The van der Waals surface area contributed by atoms with Gasteiger partial charge >= 0.3 is 0 Å². The molecule has 1 saturated heterocycles. The molecule has 1 unspecified atom stereocenters. The highest BCUT2D eigenvalue weighted by atomic mass is 32.2. The van der Waals surface area contributed by atoms with Crippen LogP contribution < -0.4 is 10.2 Å². The van der Waals surface area contributed by atoms with Gasteiger partial charge in [-0.25, -0.2) is 0 Å². The third kappa shape index (κ3) is 3.35. The molecule has 0 saturated carbocycles. The van der Waals surface area contributed by atoms with Gasteiger partial charge in [-0.3, -0.25) is 4.79 Å².